The van der Waals surface area contributed by atoms with E-state index in [9.17, 15) is 0 Å². The van der Waals surface area contributed by atoms with Gasteiger partial charge in [0, 0.05) is 17.5 Å². The lowest BCUT2D eigenvalue weighted by molar-refractivity contribution is 0.307. The first-order valence-electron chi connectivity index (χ1n) is 7.57. The fourth-order valence-corrected chi connectivity index (χ4v) is 3.39. The number of nitrogens with two attached hydrogens (primary N) is 1. The Hall–Kier alpha value is -2.53. The highest BCUT2D eigenvalue weighted by atomic mass is 32.1. The summed E-state index contributed by atoms with van der Waals surface area (Å²) in [6, 6.07) is 16.7. The van der Waals surface area contributed by atoms with Gasteiger partial charge in [0.2, 0.25) is 0 Å². The molecule has 5 heteroatoms. The molecular formula is C18H17N3OS. The standard InChI is InChI=1S/C18H17N3OS/c19-18-20-15(12-23-18)14-6-7-17-16(10-14)21(8-9-22-17)11-13-4-2-1-3-5-13/h1-7,10,12H,8-9,11H2,(H2,19,20). The minimum Gasteiger partial charge on any atom is -0.490 e. The van der Waals surface area contributed by atoms with Crippen LogP contribution in [0.2, 0.25) is 0 Å². The zero-order valence-corrected chi connectivity index (χ0v) is 13.4. The van der Waals surface area contributed by atoms with Crippen molar-refractivity contribution in [3.8, 4) is 17.0 Å². The van der Waals surface area contributed by atoms with Gasteiger partial charge in [-0.25, -0.2) is 4.98 Å². The predicted octanol–water partition coefficient (Wildman–Crippen LogP) is 3.79. The Morgan fingerprint density at radius 1 is 1.17 bits per heavy atom. The first kappa shape index (κ1) is 14.1. The van der Waals surface area contributed by atoms with Gasteiger partial charge in [0.05, 0.1) is 17.9 Å². The van der Waals surface area contributed by atoms with Gasteiger partial charge in [0.25, 0.3) is 0 Å². The van der Waals surface area contributed by atoms with Gasteiger partial charge in [-0.3, -0.25) is 0 Å². The molecule has 0 radical (unpaired) electrons. The van der Waals surface area contributed by atoms with E-state index in [-0.39, 0.29) is 0 Å². The molecule has 0 unspecified atom stereocenters. The Labute approximate surface area is 139 Å². The van der Waals surface area contributed by atoms with Crippen molar-refractivity contribution in [2.45, 2.75) is 6.54 Å². The van der Waals surface area contributed by atoms with E-state index in [0.717, 1.165) is 35.8 Å². The molecule has 2 heterocycles. The third-order valence-electron chi connectivity index (χ3n) is 3.95. The van der Waals surface area contributed by atoms with Gasteiger partial charge in [0.15, 0.2) is 5.13 Å². The molecule has 23 heavy (non-hydrogen) atoms. The topological polar surface area (TPSA) is 51.4 Å². The van der Waals surface area contributed by atoms with E-state index in [0.29, 0.717) is 11.7 Å². The molecule has 0 atom stereocenters. The van der Waals surface area contributed by atoms with Crippen molar-refractivity contribution < 1.29 is 4.74 Å². The van der Waals surface area contributed by atoms with Gasteiger partial charge in [-0.1, -0.05) is 30.3 Å². The molecule has 0 aliphatic carbocycles. The molecule has 1 aliphatic heterocycles. The summed E-state index contributed by atoms with van der Waals surface area (Å²) >= 11 is 1.46. The smallest absolute Gasteiger partial charge is 0.180 e. The van der Waals surface area contributed by atoms with E-state index < -0.39 is 0 Å². The molecule has 2 N–H and O–H groups in total. The lowest BCUT2D eigenvalue weighted by Gasteiger charge is -2.31. The van der Waals surface area contributed by atoms with Crippen LogP contribution in [0.3, 0.4) is 0 Å². The Bertz CT molecular complexity index is 816. The lowest BCUT2D eigenvalue weighted by Crippen LogP contribution is -2.32. The minimum absolute atomic E-state index is 0.593. The highest BCUT2D eigenvalue weighted by Crippen LogP contribution is 2.36. The molecule has 0 amide bonds. The Kier molecular flexibility index (Phi) is 3.63. The molecule has 0 bridgehead atoms. The first-order valence-corrected chi connectivity index (χ1v) is 8.45. The second-order valence-corrected chi connectivity index (χ2v) is 6.40. The third kappa shape index (κ3) is 2.87. The fourth-order valence-electron chi connectivity index (χ4n) is 2.82. The average Bonchev–Trinajstić information content (AvgIpc) is 3.02. The van der Waals surface area contributed by atoms with Crippen LogP contribution in [0.1, 0.15) is 5.56 Å². The Morgan fingerprint density at radius 2 is 2.04 bits per heavy atom. The number of rotatable bonds is 3. The number of nitrogen functional groups attached to an aromatic ring is 1. The zero-order chi connectivity index (χ0) is 15.6. The number of thiazole rings is 1. The van der Waals surface area contributed by atoms with Crippen LogP contribution in [-0.2, 0) is 6.54 Å². The lowest BCUT2D eigenvalue weighted by atomic mass is 10.1. The first-order chi connectivity index (χ1) is 11.3. The molecule has 0 fully saturated rings. The summed E-state index contributed by atoms with van der Waals surface area (Å²) < 4.78 is 5.80. The van der Waals surface area contributed by atoms with Crippen LogP contribution in [0.25, 0.3) is 11.3 Å². The second-order valence-electron chi connectivity index (χ2n) is 5.51. The van der Waals surface area contributed by atoms with Gasteiger partial charge in [-0.05, 0) is 23.8 Å². The number of nitrogens with zero attached hydrogens (tertiary/aromatic N) is 2. The number of hydrogen-bond donors (Lipinski definition) is 1. The highest BCUT2D eigenvalue weighted by molar-refractivity contribution is 7.13. The molecule has 4 rings (SSSR count). The summed E-state index contributed by atoms with van der Waals surface area (Å²) in [5, 5.41) is 2.58. The van der Waals surface area contributed by atoms with Crippen LogP contribution in [0.4, 0.5) is 10.8 Å². The van der Waals surface area contributed by atoms with Gasteiger partial charge in [0.1, 0.15) is 12.4 Å². The van der Waals surface area contributed by atoms with Crippen molar-refractivity contribution in [1.82, 2.24) is 4.98 Å². The van der Waals surface area contributed by atoms with E-state index in [2.05, 4.69) is 40.2 Å². The monoisotopic (exact) mass is 323 g/mol. The van der Waals surface area contributed by atoms with Crippen molar-refractivity contribution in [2.75, 3.05) is 23.8 Å². The second kappa shape index (κ2) is 5.93. The van der Waals surface area contributed by atoms with Crippen LogP contribution >= 0.6 is 11.3 Å². The molecule has 1 aromatic heterocycles. The number of hydrogen-bond acceptors (Lipinski definition) is 5. The molecule has 0 spiro atoms. The third-order valence-corrected chi connectivity index (χ3v) is 4.63. The van der Waals surface area contributed by atoms with E-state index in [1.54, 1.807) is 0 Å². The normalized spacial score (nSPS) is 13.5. The Morgan fingerprint density at radius 3 is 2.83 bits per heavy atom. The number of fused-ring (bicyclic) bond motifs is 1. The molecule has 0 saturated carbocycles. The number of benzene rings is 2. The molecule has 0 saturated heterocycles. The van der Waals surface area contributed by atoms with E-state index in [1.807, 2.05) is 23.6 Å². The minimum atomic E-state index is 0.593. The largest absolute Gasteiger partial charge is 0.490 e. The van der Waals surface area contributed by atoms with Gasteiger partial charge >= 0.3 is 0 Å². The molecule has 4 nitrogen and oxygen atoms in total. The molecule has 1 aliphatic rings. The van der Waals surface area contributed by atoms with Gasteiger partial charge < -0.3 is 15.4 Å². The molecular weight excluding hydrogens is 306 g/mol. The number of anilines is 2. The fraction of sp³-hybridized carbons (Fsp3) is 0.167. The van der Waals surface area contributed by atoms with Gasteiger partial charge in [-0.2, -0.15) is 0 Å². The van der Waals surface area contributed by atoms with E-state index in [1.165, 1.54) is 16.9 Å². The number of aromatic nitrogens is 1. The molecule has 116 valence electrons. The van der Waals surface area contributed by atoms with Crippen LogP contribution in [0.5, 0.6) is 5.75 Å². The van der Waals surface area contributed by atoms with E-state index >= 15 is 0 Å². The summed E-state index contributed by atoms with van der Waals surface area (Å²) in [5.74, 6) is 0.930. The maximum Gasteiger partial charge on any atom is 0.180 e. The van der Waals surface area contributed by atoms with Crippen molar-refractivity contribution in [2.24, 2.45) is 0 Å². The Balaban J connectivity index is 1.68. The van der Waals surface area contributed by atoms with Crippen LogP contribution in [0, 0.1) is 0 Å². The molecule has 3 aromatic rings. The summed E-state index contributed by atoms with van der Waals surface area (Å²) in [6.45, 7) is 2.47. The van der Waals surface area contributed by atoms with Crippen molar-refractivity contribution in [3.05, 3.63) is 59.5 Å². The summed E-state index contributed by atoms with van der Waals surface area (Å²) in [7, 11) is 0. The SMILES string of the molecule is Nc1nc(-c2ccc3c(c2)N(Cc2ccccc2)CCO3)cs1. The summed E-state index contributed by atoms with van der Waals surface area (Å²) in [6.07, 6.45) is 0. The summed E-state index contributed by atoms with van der Waals surface area (Å²) in [5.41, 5.74) is 10.2. The predicted molar refractivity (Wildman–Crippen MR) is 94.9 cm³/mol. The highest BCUT2D eigenvalue weighted by Gasteiger charge is 2.19. The average molecular weight is 323 g/mol. The van der Waals surface area contributed by atoms with Crippen molar-refractivity contribution in [3.63, 3.8) is 0 Å². The van der Waals surface area contributed by atoms with Gasteiger partial charge in [-0.15, -0.1) is 11.3 Å². The maximum atomic E-state index is 5.80. The summed E-state index contributed by atoms with van der Waals surface area (Å²) in [4.78, 5) is 6.73. The molecule has 2 aromatic carbocycles. The number of ether oxygens (including phenoxy) is 1. The van der Waals surface area contributed by atoms with Crippen molar-refractivity contribution in [1.29, 1.82) is 0 Å². The van der Waals surface area contributed by atoms with Crippen molar-refractivity contribution >= 4 is 22.2 Å². The van der Waals surface area contributed by atoms with Crippen LogP contribution in [-0.4, -0.2) is 18.1 Å². The van der Waals surface area contributed by atoms with E-state index in [4.69, 9.17) is 10.5 Å². The quantitative estimate of drug-likeness (QED) is 0.797. The maximum absolute atomic E-state index is 5.80. The van der Waals surface area contributed by atoms with Crippen LogP contribution < -0.4 is 15.4 Å². The zero-order valence-electron chi connectivity index (χ0n) is 12.6. The van der Waals surface area contributed by atoms with Crippen LogP contribution in [0.15, 0.2) is 53.9 Å².